The SMILES string of the molecule is CC(=O)O[C@H](C[C@H](C(C)C)N(C)C(=O)[C@@H](NC(=O)[C@H]1CCCCN1C)C1CC1)c1nc(C(=O)N[C@@H](Cc2ccccc2)C[C@H](C)C(=O)O)cs1. The zero-order valence-electron chi connectivity index (χ0n) is 30.1. The summed E-state index contributed by atoms with van der Waals surface area (Å²) in [6, 6.07) is 7.85. The number of amides is 3. The Labute approximate surface area is 299 Å². The molecule has 2 aliphatic rings. The van der Waals surface area contributed by atoms with Gasteiger partial charge in [-0.3, -0.25) is 28.9 Å². The van der Waals surface area contributed by atoms with E-state index in [4.69, 9.17) is 4.74 Å². The van der Waals surface area contributed by atoms with Gasteiger partial charge in [-0.15, -0.1) is 11.3 Å². The number of carboxylic acids is 1. The second-order valence-electron chi connectivity index (χ2n) is 14.3. The molecule has 1 aliphatic heterocycles. The number of aliphatic carboxylic acids is 1. The Bertz CT molecular complexity index is 1480. The summed E-state index contributed by atoms with van der Waals surface area (Å²) in [4.78, 5) is 73.0. The van der Waals surface area contributed by atoms with Crippen molar-refractivity contribution in [2.75, 3.05) is 20.6 Å². The third-order valence-electron chi connectivity index (χ3n) is 9.86. The van der Waals surface area contributed by atoms with Crippen molar-refractivity contribution in [1.82, 2.24) is 25.4 Å². The molecule has 3 N–H and O–H groups in total. The molecule has 2 fully saturated rings. The number of likely N-dealkylation sites (N-methyl/N-ethyl adjacent to an activating group) is 2. The van der Waals surface area contributed by atoms with Crippen LogP contribution in [0.3, 0.4) is 0 Å². The molecule has 4 rings (SSSR count). The number of likely N-dealkylation sites (tertiary alicyclic amines) is 1. The molecule has 0 radical (unpaired) electrons. The first-order valence-corrected chi connectivity index (χ1v) is 18.6. The predicted octanol–water partition coefficient (Wildman–Crippen LogP) is 4.45. The van der Waals surface area contributed by atoms with Crippen LogP contribution < -0.4 is 10.6 Å². The van der Waals surface area contributed by atoms with Gasteiger partial charge in [0.15, 0.2) is 6.10 Å². The Kier molecular flexibility index (Phi) is 13.9. The summed E-state index contributed by atoms with van der Waals surface area (Å²) in [5.74, 6) is -2.80. The van der Waals surface area contributed by atoms with Crippen molar-refractivity contribution in [2.24, 2.45) is 17.8 Å². The third kappa shape index (κ3) is 10.8. The molecule has 0 spiro atoms. The summed E-state index contributed by atoms with van der Waals surface area (Å²) in [6.45, 7) is 7.76. The molecule has 1 saturated carbocycles. The monoisotopic (exact) mass is 711 g/mol. The molecule has 274 valence electrons. The number of nitrogens with one attached hydrogen (secondary N) is 2. The molecule has 0 bridgehead atoms. The minimum atomic E-state index is -0.941. The lowest BCUT2D eigenvalue weighted by atomic mass is 9.95. The van der Waals surface area contributed by atoms with E-state index in [1.807, 2.05) is 51.2 Å². The summed E-state index contributed by atoms with van der Waals surface area (Å²) in [5.41, 5.74) is 1.10. The Hall–Kier alpha value is -3.84. The maximum Gasteiger partial charge on any atom is 0.306 e. The van der Waals surface area contributed by atoms with Crippen LogP contribution in [0.1, 0.15) is 99.8 Å². The molecule has 1 saturated heterocycles. The Morgan fingerprint density at radius 3 is 2.34 bits per heavy atom. The van der Waals surface area contributed by atoms with Crippen LogP contribution >= 0.6 is 11.3 Å². The molecule has 6 atom stereocenters. The fourth-order valence-electron chi connectivity index (χ4n) is 6.76. The largest absolute Gasteiger partial charge is 0.481 e. The van der Waals surface area contributed by atoms with Crippen LogP contribution in [0.5, 0.6) is 0 Å². The van der Waals surface area contributed by atoms with E-state index in [1.165, 1.54) is 18.3 Å². The second kappa shape index (κ2) is 17.9. The quantitative estimate of drug-likeness (QED) is 0.202. The van der Waals surface area contributed by atoms with E-state index in [1.54, 1.807) is 24.3 Å². The lowest BCUT2D eigenvalue weighted by molar-refractivity contribution is -0.149. The van der Waals surface area contributed by atoms with E-state index < -0.39 is 42.0 Å². The molecule has 3 amide bonds. The normalized spacial score (nSPS) is 19.5. The van der Waals surface area contributed by atoms with Crippen molar-refractivity contribution in [2.45, 2.75) is 109 Å². The Balaban J connectivity index is 1.48. The highest BCUT2D eigenvalue weighted by molar-refractivity contribution is 7.09. The van der Waals surface area contributed by atoms with E-state index >= 15 is 0 Å². The Morgan fingerprint density at radius 2 is 1.74 bits per heavy atom. The molecule has 1 aliphatic carbocycles. The fourth-order valence-corrected chi connectivity index (χ4v) is 7.60. The molecule has 1 aromatic heterocycles. The molecule has 13 heteroatoms. The van der Waals surface area contributed by atoms with Crippen LogP contribution in [-0.2, 0) is 30.3 Å². The number of hydrogen-bond donors (Lipinski definition) is 3. The zero-order valence-corrected chi connectivity index (χ0v) is 30.9. The summed E-state index contributed by atoms with van der Waals surface area (Å²) in [6.07, 6.45) is 4.67. The van der Waals surface area contributed by atoms with Crippen LogP contribution in [-0.4, -0.2) is 94.4 Å². The smallest absolute Gasteiger partial charge is 0.306 e. The lowest BCUT2D eigenvalue weighted by Gasteiger charge is -2.37. The molecular formula is C37H53N5O7S. The predicted molar refractivity (Wildman–Crippen MR) is 190 cm³/mol. The number of rotatable bonds is 17. The van der Waals surface area contributed by atoms with Crippen molar-refractivity contribution in [3.8, 4) is 0 Å². The van der Waals surface area contributed by atoms with Gasteiger partial charge in [-0.25, -0.2) is 4.98 Å². The van der Waals surface area contributed by atoms with Gasteiger partial charge in [0.2, 0.25) is 11.8 Å². The number of carbonyl (C=O) groups excluding carboxylic acids is 4. The highest BCUT2D eigenvalue weighted by Crippen LogP contribution is 2.36. The van der Waals surface area contributed by atoms with Crippen molar-refractivity contribution >= 4 is 41.0 Å². The van der Waals surface area contributed by atoms with Crippen molar-refractivity contribution in [3.63, 3.8) is 0 Å². The van der Waals surface area contributed by atoms with Crippen LogP contribution in [0.15, 0.2) is 35.7 Å². The lowest BCUT2D eigenvalue weighted by Crippen LogP contribution is -2.56. The molecule has 2 heterocycles. The van der Waals surface area contributed by atoms with Crippen LogP contribution in [0.2, 0.25) is 0 Å². The number of carboxylic acid groups (broad SMARTS) is 1. The van der Waals surface area contributed by atoms with Gasteiger partial charge in [0.1, 0.15) is 16.7 Å². The number of benzene rings is 1. The third-order valence-corrected chi connectivity index (χ3v) is 10.8. The average Bonchev–Trinajstić information content (AvgIpc) is 3.79. The first kappa shape index (κ1) is 39.0. The minimum absolute atomic E-state index is 0.0280. The molecule has 1 aromatic carbocycles. The Morgan fingerprint density at radius 1 is 1.04 bits per heavy atom. The number of nitrogens with zero attached hydrogens (tertiary/aromatic N) is 3. The molecule has 0 unspecified atom stereocenters. The zero-order chi connectivity index (χ0) is 36.5. The molecule has 50 heavy (non-hydrogen) atoms. The van der Waals surface area contributed by atoms with Gasteiger partial charge in [0.25, 0.3) is 5.91 Å². The topological polar surface area (TPSA) is 158 Å². The van der Waals surface area contributed by atoms with Crippen molar-refractivity contribution < 1.29 is 33.8 Å². The van der Waals surface area contributed by atoms with Gasteiger partial charge in [-0.05, 0) is 69.5 Å². The number of aromatic nitrogens is 1. The van der Waals surface area contributed by atoms with Gasteiger partial charge >= 0.3 is 11.9 Å². The van der Waals surface area contributed by atoms with Gasteiger partial charge in [0.05, 0.1) is 12.0 Å². The number of piperidine rings is 1. The molecule has 12 nitrogen and oxygen atoms in total. The number of ether oxygens (including phenoxy) is 1. The van der Waals surface area contributed by atoms with E-state index in [0.29, 0.717) is 11.4 Å². The maximum atomic E-state index is 14.0. The highest BCUT2D eigenvalue weighted by Gasteiger charge is 2.42. The first-order valence-electron chi connectivity index (χ1n) is 17.7. The van der Waals surface area contributed by atoms with E-state index in [9.17, 15) is 29.1 Å². The number of carbonyl (C=O) groups is 5. The summed E-state index contributed by atoms with van der Waals surface area (Å²) >= 11 is 1.19. The minimum Gasteiger partial charge on any atom is -0.481 e. The van der Waals surface area contributed by atoms with E-state index in [2.05, 4.69) is 20.5 Å². The summed E-state index contributed by atoms with van der Waals surface area (Å²) < 4.78 is 5.75. The maximum absolute atomic E-state index is 14.0. The molecule has 2 aromatic rings. The summed E-state index contributed by atoms with van der Waals surface area (Å²) in [5, 5.41) is 17.6. The van der Waals surface area contributed by atoms with Crippen LogP contribution in [0.25, 0.3) is 0 Å². The highest BCUT2D eigenvalue weighted by atomic mass is 32.1. The van der Waals surface area contributed by atoms with E-state index in [-0.39, 0.29) is 54.3 Å². The van der Waals surface area contributed by atoms with E-state index in [0.717, 1.165) is 44.2 Å². The van der Waals surface area contributed by atoms with Gasteiger partial charge in [-0.2, -0.15) is 0 Å². The van der Waals surface area contributed by atoms with Crippen molar-refractivity contribution in [1.29, 1.82) is 0 Å². The van der Waals surface area contributed by atoms with Gasteiger partial charge in [0, 0.05) is 37.9 Å². The van der Waals surface area contributed by atoms with Gasteiger partial charge in [-0.1, -0.05) is 57.5 Å². The number of hydrogen-bond acceptors (Lipinski definition) is 9. The average molecular weight is 712 g/mol. The second-order valence-corrected chi connectivity index (χ2v) is 15.2. The van der Waals surface area contributed by atoms with Gasteiger partial charge < -0.3 is 25.4 Å². The summed E-state index contributed by atoms with van der Waals surface area (Å²) in [7, 11) is 3.68. The van der Waals surface area contributed by atoms with Crippen LogP contribution in [0, 0.1) is 17.8 Å². The fraction of sp³-hybridized carbons (Fsp3) is 0.622. The molecular weight excluding hydrogens is 659 g/mol. The number of thiazole rings is 1. The standard InChI is InChI=1S/C37H53N5O7S/c1-22(2)30(42(6)36(46)32(26-15-16-26)40-34(45)29-14-10-11-17-41(29)5)20-31(49-24(4)43)35-39-28(21-50-35)33(44)38-27(18-23(3)37(47)48)19-25-12-8-7-9-13-25/h7-9,12-13,21-23,26-27,29-32H,10-11,14-20H2,1-6H3,(H,38,44)(H,40,45)(H,47,48)/t23-,27+,29+,30+,31+,32-/m0/s1. The first-order chi connectivity index (χ1) is 23.7. The van der Waals surface area contributed by atoms with Crippen molar-refractivity contribution in [3.05, 3.63) is 52.0 Å². The number of esters is 1. The van der Waals surface area contributed by atoms with Crippen LogP contribution in [0.4, 0.5) is 0 Å².